The maximum atomic E-state index is 11.1. The highest BCUT2D eigenvalue weighted by Crippen LogP contribution is 2.29. The van der Waals surface area contributed by atoms with Crippen LogP contribution in [-0.2, 0) is 4.74 Å². The molecule has 16 heavy (non-hydrogen) atoms. The van der Waals surface area contributed by atoms with Gasteiger partial charge in [0.2, 0.25) is 0 Å². The Morgan fingerprint density at radius 2 is 2.25 bits per heavy atom. The Labute approximate surface area is 103 Å². The van der Waals surface area contributed by atoms with E-state index in [4.69, 9.17) is 4.74 Å². The molecular formula is C13H13BrO2. The molecule has 0 saturated carbocycles. The van der Waals surface area contributed by atoms with Gasteiger partial charge in [0.05, 0.1) is 13.2 Å². The zero-order valence-corrected chi connectivity index (χ0v) is 10.7. The molecule has 0 aromatic heterocycles. The van der Waals surface area contributed by atoms with Gasteiger partial charge in [0.1, 0.15) is 0 Å². The highest BCUT2D eigenvalue weighted by Gasteiger charge is 2.13. The summed E-state index contributed by atoms with van der Waals surface area (Å²) in [4.78, 5) is 11.1. The van der Waals surface area contributed by atoms with E-state index >= 15 is 0 Å². The first-order valence-electron chi connectivity index (χ1n) is 5.25. The maximum absolute atomic E-state index is 11.1. The van der Waals surface area contributed by atoms with Crippen molar-refractivity contribution in [2.75, 3.05) is 13.2 Å². The predicted molar refractivity (Wildman–Crippen MR) is 67.7 cm³/mol. The molecule has 0 amide bonds. The van der Waals surface area contributed by atoms with Crippen LogP contribution in [0.4, 0.5) is 0 Å². The van der Waals surface area contributed by atoms with Crippen LogP contribution in [0.15, 0.2) is 22.7 Å². The fraction of sp³-hybridized carbons (Fsp3) is 0.308. The minimum absolute atomic E-state index is 0.642. The number of ether oxygens (including phenoxy) is 1. The number of rotatable bonds is 2. The van der Waals surface area contributed by atoms with Crippen molar-refractivity contribution in [2.45, 2.75) is 13.3 Å². The second-order valence-corrected chi connectivity index (χ2v) is 4.77. The third-order valence-electron chi connectivity index (χ3n) is 2.74. The molecule has 1 aromatic carbocycles. The molecule has 2 nitrogen and oxygen atoms in total. The summed E-state index contributed by atoms with van der Waals surface area (Å²) in [6, 6.07) is 3.91. The van der Waals surface area contributed by atoms with Crippen molar-refractivity contribution in [3.05, 3.63) is 39.4 Å². The summed E-state index contributed by atoms with van der Waals surface area (Å²) in [6.45, 7) is 3.41. The van der Waals surface area contributed by atoms with Gasteiger partial charge in [-0.05, 0) is 42.2 Å². The first kappa shape index (κ1) is 11.6. The smallest absolute Gasteiger partial charge is 0.150 e. The molecule has 0 bridgehead atoms. The molecular weight excluding hydrogens is 268 g/mol. The summed E-state index contributed by atoms with van der Waals surface area (Å²) < 4.78 is 6.23. The second kappa shape index (κ2) is 4.93. The summed E-state index contributed by atoms with van der Waals surface area (Å²) >= 11 is 3.41. The average molecular weight is 281 g/mol. The van der Waals surface area contributed by atoms with Crippen molar-refractivity contribution < 1.29 is 9.53 Å². The number of halogens is 1. The van der Waals surface area contributed by atoms with Crippen molar-refractivity contribution in [3.63, 3.8) is 0 Å². The lowest BCUT2D eigenvalue weighted by Gasteiger charge is -2.17. The summed E-state index contributed by atoms with van der Waals surface area (Å²) in [7, 11) is 0. The van der Waals surface area contributed by atoms with Crippen molar-refractivity contribution in [2.24, 2.45) is 0 Å². The Balaban J connectivity index is 2.53. The van der Waals surface area contributed by atoms with E-state index in [9.17, 15) is 4.79 Å². The molecule has 1 aliphatic rings. The number of hydrogen-bond acceptors (Lipinski definition) is 2. The summed E-state index contributed by atoms with van der Waals surface area (Å²) in [5.74, 6) is 0. The van der Waals surface area contributed by atoms with E-state index in [1.807, 2.05) is 19.1 Å². The SMILES string of the molecule is Cc1cc(Br)cc(C=O)c1C1=CCOCC1. The van der Waals surface area contributed by atoms with Gasteiger partial charge in [-0.15, -0.1) is 0 Å². The molecule has 1 aromatic rings. The van der Waals surface area contributed by atoms with Crippen molar-refractivity contribution in [3.8, 4) is 0 Å². The molecule has 3 heteroatoms. The third-order valence-corrected chi connectivity index (χ3v) is 3.20. The summed E-state index contributed by atoms with van der Waals surface area (Å²) in [5.41, 5.74) is 4.17. The molecule has 0 radical (unpaired) electrons. The molecule has 84 valence electrons. The fourth-order valence-electron chi connectivity index (χ4n) is 2.05. The Bertz CT molecular complexity index is 449. The van der Waals surface area contributed by atoms with Crippen LogP contribution in [0, 0.1) is 6.92 Å². The Morgan fingerprint density at radius 1 is 1.44 bits per heavy atom. The molecule has 0 unspecified atom stereocenters. The van der Waals surface area contributed by atoms with Crippen LogP contribution < -0.4 is 0 Å². The largest absolute Gasteiger partial charge is 0.377 e. The van der Waals surface area contributed by atoms with Gasteiger partial charge in [0, 0.05) is 10.0 Å². The van der Waals surface area contributed by atoms with Crippen LogP contribution in [0.2, 0.25) is 0 Å². The lowest BCUT2D eigenvalue weighted by atomic mass is 9.93. The number of hydrogen-bond donors (Lipinski definition) is 0. The molecule has 0 atom stereocenters. The average Bonchev–Trinajstić information content (AvgIpc) is 2.29. The van der Waals surface area contributed by atoms with Crippen molar-refractivity contribution >= 4 is 27.8 Å². The van der Waals surface area contributed by atoms with Crippen molar-refractivity contribution in [1.82, 2.24) is 0 Å². The maximum Gasteiger partial charge on any atom is 0.150 e. The van der Waals surface area contributed by atoms with Gasteiger partial charge < -0.3 is 4.74 Å². The van der Waals surface area contributed by atoms with E-state index in [2.05, 4.69) is 22.0 Å². The molecule has 1 heterocycles. The molecule has 0 saturated heterocycles. The lowest BCUT2D eigenvalue weighted by molar-refractivity contribution is 0.112. The van der Waals surface area contributed by atoms with Crippen LogP contribution >= 0.6 is 15.9 Å². The quantitative estimate of drug-likeness (QED) is 0.777. The van der Waals surface area contributed by atoms with E-state index in [-0.39, 0.29) is 0 Å². The Morgan fingerprint density at radius 3 is 2.88 bits per heavy atom. The van der Waals surface area contributed by atoms with Crippen molar-refractivity contribution in [1.29, 1.82) is 0 Å². The first-order valence-corrected chi connectivity index (χ1v) is 6.04. The van der Waals surface area contributed by atoms with Crippen LogP contribution in [0.1, 0.15) is 27.9 Å². The molecule has 0 fully saturated rings. The minimum Gasteiger partial charge on any atom is -0.377 e. The normalized spacial score (nSPS) is 15.8. The van der Waals surface area contributed by atoms with Crippen LogP contribution in [0.3, 0.4) is 0 Å². The van der Waals surface area contributed by atoms with E-state index in [1.54, 1.807) is 0 Å². The topological polar surface area (TPSA) is 26.3 Å². The van der Waals surface area contributed by atoms with Crippen LogP contribution in [0.25, 0.3) is 5.57 Å². The minimum atomic E-state index is 0.642. The molecule has 0 N–H and O–H groups in total. The van der Waals surface area contributed by atoms with Crippen LogP contribution in [-0.4, -0.2) is 19.5 Å². The predicted octanol–water partition coefficient (Wildman–Crippen LogP) is 3.37. The number of carbonyl (C=O) groups excluding carboxylic acids is 1. The highest BCUT2D eigenvalue weighted by molar-refractivity contribution is 9.10. The molecule has 1 aliphatic heterocycles. The monoisotopic (exact) mass is 280 g/mol. The molecule has 0 aliphatic carbocycles. The highest BCUT2D eigenvalue weighted by atomic mass is 79.9. The lowest BCUT2D eigenvalue weighted by Crippen LogP contribution is -2.06. The number of benzene rings is 1. The van der Waals surface area contributed by atoms with Gasteiger partial charge in [0.15, 0.2) is 6.29 Å². The van der Waals surface area contributed by atoms with Gasteiger partial charge in [0.25, 0.3) is 0 Å². The summed E-state index contributed by atoms with van der Waals surface area (Å²) in [5, 5.41) is 0. The fourth-order valence-corrected chi connectivity index (χ4v) is 2.64. The molecule has 0 spiro atoms. The number of carbonyl (C=O) groups is 1. The van der Waals surface area contributed by atoms with Crippen LogP contribution in [0.5, 0.6) is 0 Å². The zero-order chi connectivity index (χ0) is 11.5. The van der Waals surface area contributed by atoms with Gasteiger partial charge >= 0.3 is 0 Å². The summed E-state index contributed by atoms with van der Waals surface area (Å²) in [6.07, 6.45) is 3.86. The van der Waals surface area contributed by atoms with Gasteiger partial charge in [-0.3, -0.25) is 4.79 Å². The first-order chi connectivity index (χ1) is 7.72. The van der Waals surface area contributed by atoms with Gasteiger partial charge in [-0.2, -0.15) is 0 Å². The second-order valence-electron chi connectivity index (χ2n) is 3.86. The van der Waals surface area contributed by atoms with Gasteiger partial charge in [-0.1, -0.05) is 22.0 Å². The number of aryl methyl sites for hydroxylation is 1. The standard InChI is InChI=1S/C13H13BrO2/c1-9-6-12(14)7-11(8-15)13(9)10-2-4-16-5-3-10/h2,6-8H,3-5H2,1H3. The van der Waals surface area contributed by atoms with E-state index in [1.165, 1.54) is 5.57 Å². The number of aldehydes is 1. The van der Waals surface area contributed by atoms with E-state index in [0.717, 1.165) is 40.5 Å². The Kier molecular flexibility index (Phi) is 3.56. The van der Waals surface area contributed by atoms with E-state index < -0.39 is 0 Å². The van der Waals surface area contributed by atoms with Gasteiger partial charge in [-0.25, -0.2) is 0 Å². The zero-order valence-electron chi connectivity index (χ0n) is 9.13. The third kappa shape index (κ3) is 2.25. The molecule has 2 rings (SSSR count). The van der Waals surface area contributed by atoms with E-state index in [0.29, 0.717) is 6.61 Å². The Hall–Kier alpha value is -0.930.